The monoisotopic (exact) mass is 728 g/mol. The Morgan fingerprint density at radius 2 is 1.12 bits per heavy atom. The Kier molecular flexibility index (Phi) is 8.52. The Labute approximate surface area is 257 Å². The number of phenolic OH excluding ortho intramolecular Hbond substituents is 3. The first kappa shape index (κ1) is 33.9. The van der Waals surface area contributed by atoms with Crippen molar-refractivity contribution in [3.05, 3.63) is 36.4 Å². The van der Waals surface area contributed by atoms with E-state index in [4.69, 9.17) is 5.73 Å². The molecule has 23 heteroatoms. The van der Waals surface area contributed by atoms with Crippen LogP contribution in [0.25, 0.3) is 21.5 Å². The maximum Gasteiger partial charge on any atom is 1.00 e. The van der Waals surface area contributed by atoms with Gasteiger partial charge in [0.1, 0.15) is 63.3 Å². The van der Waals surface area contributed by atoms with Crippen LogP contribution in [0.15, 0.2) is 66.2 Å². The average molecular weight is 729 g/mol. The summed E-state index contributed by atoms with van der Waals surface area (Å²) in [6.45, 7) is 0. The molecule has 18 nitrogen and oxygen atoms in total. The van der Waals surface area contributed by atoms with E-state index in [-0.39, 0.29) is 28.8 Å². The molecular formula is C20H15CuN3O15S4. The third-order valence-electron chi connectivity index (χ3n) is 5.60. The van der Waals surface area contributed by atoms with Gasteiger partial charge in [0.2, 0.25) is 0 Å². The summed E-state index contributed by atoms with van der Waals surface area (Å²) in [7, 11) is -21.9. The number of rotatable bonds is 6. The van der Waals surface area contributed by atoms with E-state index in [2.05, 4.69) is 10.2 Å². The third kappa shape index (κ3) is 6.35. The van der Waals surface area contributed by atoms with Crippen LogP contribution in [0.2, 0.25) is 0 Å². The summed E-state index contributed by atoms with van der Waals surface area (Å²) in [5, 5.41) is 34.8. The van der Waals surface area contributed by atoms with Gasteiger partial charge in [-0.25, -0.2) is 33.7 Å². The molecule has 0 aliphatic heterocycles. The molecule has 0 fully saturated rings. The number of nitrogens with two attached hydrogens (primary N) is 1. The van der Waals surface area contributed by atoms with Crippen molar-refractivity contribution < 1.29 is 90.0 Å². The number of fused-ring (bicyclic) bond motifs is 2. The van der Waals surface area contributed by atoms with Gasteiger partial charge in [0.05, 0.1) is 25.0 Å². The third-order valence-corrected chi connectivity index (χ3v) is 9.02. The summed E-state index contributed by atoms with van der Waals surface area (Å²) in [4.78, 5) is -5.02. The summed E-state index contributed by atoms with van der Waals surface area (Å²) in [5.41, 5.74) is 3.05. The Morgan fingerprint density at radius 3 is 1.63 bits per heavy atom. The Morgan fingerprint density at radius 1 is 0.605 bits per heavy atom. The zero-order valence-corrected chi connectivity index (χ0v) is 24.3. The molecule has 1 radical (unpaired) electrons. The Balaban J connectivity index is 0. The van der Waals surface area contributed by atoms with E-state index < -0.39 is 116 Å². The van der Waals surface area contributed by atoms with E-state index >= 15 is 0 Å². The number of aromatic hydroxyl groups is 3. The molecule has 0 aliphatic carbocycles. The number of hydrogen-bond acceptors (Lipinski definition) is 18. The number of hydrogen-bond donors (Lipinski definition) is 4. The van der Waals surface area contributed by atoms with Gasteiger partial charge in [-0.05, 0) is 30.3 Å². The van der Waals surface area contributed by atoms with E-state index in [1.165, 1.54) is 0 Å². The van der Waals surface area contributed by atoms with Gasteiger partial charge in [0.15, 0.2) is 5.75 Å². The second-order valence-electron chi connectivity index (χ2n) is 8.31. The van der Waals surface area contributed by atoms with Crippen LogP contribution in [0.1, 0.15) is 5.71 Å². The fraction of sp³-hybridized carbons (Fsp3) is 0. The Hall–Kier alpha value is -3.64. The molecule has 43 heavy (non-hydrogen) atoms. The van der Waals surface area contributed by atoms with Gasteiger partial charge in [-0.1, -0.05) is 0 Å². The summed E-state index contributed by atoms with van der Waals surface area (Å²) < 4.78 is 141. The van der Waals surface area contributed by atoms with Crippen molar-refractivity contribution in [2.45, 2.75) is 19.6 Å². The van der Waals surface area contributed by atoms with E-state index in [1.54, 1.807) is 0 Å². The maximum absolute atomic E-state index is 12.0. The van der Waals surface area contributed by atoms with Gasteiger partial charge in [-0.3, -0.25) is 0 Å². The minimum Gasteiger partial charge on any atom is -0.744 e. The predicted molar refractivity (Wildman–Crippen MR) is 138 cm³/mol. The van der Waals surface area contributed by atoms with Crippen LogP contribution < -0.4 is 5.73 Å². The number of anilines is 1. The van der Waals surface area contributed by atoms with Crippen molar-refractivity contribution in [2.24, 2.45) is 10.2 Å². The van der Waals surface area contributed by atoms with Crippen LogP contribution in [-0.4, -0.2) is 67.2 Å². The summed E-state index contributed by atoms with van der Waals surface area (Å²) in [5.74, 6) is -3.69. The summed E-state index contributed by atoms with van der Waals surface area (Å²) in [6, 6.07) is 2.62. The predicted octanol–water partition coefficient (Wildman–Crippen LogP) is 1.17. The maximum atomic E-state index is 12.0. The Bertz CT molecular complexity index is 2360. The summed E-state index contributed by atoms with van der Waals surface area (Å²) in [6.07, 6.45) is 0. The fourth-order valence-corrected chi connectivity index (χ4v) is 6.58. The number of phenols is 3. The molecule has 0 saturated heterocycles. The van der Waals surface area contributed by atoms with Gasteiger partial charge < -0.3 is 39.3 Å². The zero-order chi connectivity index (χ0) is 31.7. The molecule has 0 heterocycles. The van der Waals surface area contributed by atoms with Crippen molar-refractivity contribution >= 4 is 79.1 Å². The minimum atomic E-state index is -5.52. The summed E-state index contributed by atoms with van der Waals surface area (Å²) >= 11 is 0. The van der Waals surface area contributed by atoms with Crippen LogP contribution >= 0.6 is 0 Å². The van der Waals surface area contributed by atoms with Crippen LogP contribution in [-0.2, 0) is 57.5 Å². The van der Waals surface area contributed by atoms with Gasteiger partial charge in [0.25, 0.3) is 0 Å². The van der Waals surface area contributed by atoms with Gasteiger partial charge in [0, 0.05) is 45.0 Å². The van der Waals surface area contributed by atoms with Crippen molar-refractivity contribution in [1.29, 1.82) is 0 Å². The number of nitrogens with zero attached hydrogens (tertiary/aromatic N) is 2. The quantitative estimate of drug-likeness (QED) is 0.0936. The van der Waals surface area contributed by atoms with Gasteiger partial charge in [-0.2, -0.15) is 0 Å². The van der Waals surface area contributed by atoms with Crippen LogP contribution in [0, 0.1) is 0 Å². The molecule has 4 rings (SSSR count). The number of nitrogen functional groups attached to an aromatic ring is 1. The first-order chi connectivity index (χ1) is 19.0. The molecule has 4 aromatic rings. The smallest absolute Gasteiger partial charge is 0.744 e. The van der Waals surface area contributed by atoms with Crippen LogP contribution in [0.3, 0.4) is 0 Å². The molecule has 5 N–H and O–H groups in total. The van der Waals surface area contributed by atoms with Crippen molar-refractivity contribution in [3.63, 3.8) is 0 Å². The molecule has 235 valence electrons. The number of benzene rings is 4. The molecular weight excluding hydrogens is 714 g/mol. The first-order valence-corrected chi connectivity index (χ1v) is 16.0. The molecule has 0 unspecified atom stereocenters. The molecule has 0 atom stereocenters. The van der Waals surface area contributed by atoms with Crippen LogP contribution in [0.5, 0.6) is 17.2 Å². The molecule has 0 amide bonds. The van der Waals surface area contributed by atoms with E-state index in [9.17, 15) is 67.2 Å². The first-order valence-electron chi connectivity index (χ1n) is 10.4. The standard InChI is InChI=1S/C20H15N3O15S4.Cu/c21-7-1-9-14(40(30,31)32)5-11(20(26)18(9)16(2-7)42(36,37)38)22-23-19-13(25)6-15(41(33,34)35)10-3-8(39(27,28)29)4-12(24)17(10)19;/h1-6,24-26H,21H2,(H,27,28,29)(H,30,31,32)(H,33,34,35)(H,36,37,38);. The fourth-order valence-electron chi connectivity index (χ4n) is 3.95. The second kappa shape index (κ2) is 10.8. The van der Waals surface area contributed by atoms with Gasteiger partial charge in [-0.15, -0.1) is 10.2 Å². The molecule has 0 aliphatic rings. The van der Waals surface area contributed by atoms with E-state index in [1.807, 2.05) is 0 Å². The topological polar surface area (TPSA) is 340 Å². The van der Waals surface area contributed by atoms with Crippen molar-refractivity contribution in [3.8, 4) is 17.2 Å². The van der Waals surface area contributed by atoms with E-state index in [0.717, 1.165) is 6.07 Å². The largest absolute Gasteiger partial charge is 1.00 e. The van der Waals surface area contributed by atoms with Crippen molar-refractivity contribution in [2.75, 3.05) is 5.73 Å². The van der Waals surface area contributed by atoms with E-state index in [0.29, 0.717) is 24.3 Å². The molecule has 0 saturated carbocycles. The normalized spacial score (nSPS) is 13.0. The molecule has 0 bridgehead atoms. The SMILES string of the molecule is Nc1cc(S(=O)(=O)[O-])c2c(O)c(N=Nc3c(O)cc(S(=O)(=O)[O-])c4cc(S(=O)(=O)[O-])cc(O)c34)cc(S(=O)(=O)[O-])c2c1.[Cu].[H+].[H+].[H+].[H+]. The average Bonchev–Trinajstić information content (AvgIpc) is 2.81. The minimum absolute atomic E-state index is 0. The molecule has 4 aromatic carbocycles. The zero-order valence-electron chi connectivity index (χ0n) is 24.1. The second-order valence-corrected chi connectivity index (χ2v) is 13.7. The van der Waals surface area contributed by atoms with Crippen LogP contribution in [0.4, 0.5) is 17.1 Å². The van der Waals surface area contributed by atoms with Gasteiger partial charge >= 0.3 is 5.71 Å². The molecule has 0 spiro atoms. The number of azo groups is 1. The van der Waals surface area contributed by atoms with Crippen molar-refractivity contribution in [1.82, 2.24) is 0 Å². The molecule has 0 aromatic heterocycles.